The van der Waals surface area contributed by atoms with Crippen molar-refractivity contribution >= 4 is 15.7 Å². The van der Waals surface area contributed by atoms with Gasteiger partial charge in [-0.25, -0.2) is 21.9 Å². The zero-order valence-electron chi connectivity index (χ0n) is 10.3. The van der Waals surface area contributed by atoms with Gasteiger partial charge in [-0.3, -0.25) is 0 Å². The molecule has 0 spiro atoms. The van der Waals surface area contributed by atoms with E-state index in [9.17, 15) is 17.2 Å². The monoisotopic (exact) mass is 290 g/mol. The Hall–Kier alpha value is -1.21. The first-order valence-electron chi connectivity index (χ1n) is 6.14. The van der Waals surface area contributed by atoms with Crippen LogP contribution < -0.4 is 10.5 Å². The molecule has 0 atom stereocenters. The van der Waals surface area contributed by atoms with E-state index in [1.165, 1.54) is 0 Å². The van der Waals surface area contributed by atoms with Gasteiger partial charge < -0.3 is 5.73 Å². The number of benzene rings is 1. The summed E-state index contributed by atoms with van der Waals surface area (Å²) >= 11 is 0. The van der Waals surface area contributed by atoms with Crippen molar-refractivity contribution in [1.82, 2.24) is 4.72 Å². The normalized spacial score (nSPS) is 16.9. The lowest BCUT2D eigenvalue weighted by Gasteiger charge is -2.12. The van der Waals surface area contributed by atoms with Crippen molar-refractivity contribution < 1.29 is 17.2 Å². The molecule has 0 aliphatic heterocycles. The number of nitrogens with one attached hydrogen (secondary N) is 1. The molecule has 0 saturated heterocycles. The van der Waals surface area contributed by atoms with Crippen LogP contribution in [0.2, 0.25) is 0 Å². The Morgan fingerprint density at radius 2 is 1.89 bits per heavy atom. The third kappa shape index (κ3) is 3.22. The van der Waals surface area contributed by atoms with Gasteiger partial charge in [0, 0.05) is 12.2 Å². The van der Waals surface area contributed by atoms with E-state index in [1.807, 2.05) is 0 Å². The number of anilines is 1. The van der Waals surface area contributed by atoms with Gasteiger partial charge in [0.25, 0.3) is 0 Å². The van der Waals surface area contributed by atoms with E-state index in [4.69, 9.17) is 5.73 Å². The number of sulfonamides is 1. The van der Waals surface area contributed by atoms with Crippen molar-refractivity contribution in [2.75, 3.05) is 12.3 Å². The molecule has 1 fully saturated rings. The number of hydrogen-bond acceptors (Lipinski definition) is 3. The van der Waals surface area contributed by atoms with Crippen molar-refractivity contribution in [2.45, 2.75) is 30.6 Å². The highest BCUT2D eigenvalue weighted by atomic mass is 32.2. The highest BCUT2D eigenvalue weighted by Gasteiger charge is 2.24. The Morgan fingerprint density at radius 3 is 2.53 bits per heavy atom. The minimum Gasteiger partial charge on any atom is -0.399 e. The van der Waals surface area contributed by atoms with Gasteiger partial charge in [-0.2, -0.15) is 0 Å². The second-order valence-corrected chi connectivity index (χ2v) is 6.55. The summed E-state index contributed by atoms with van der Waals surface area (Å²) in [7, 11) is -4.07. The zero-order chi connectivity index (χ0) is 14.0. The van der Waals surface area contributed by atoms with E-state index in [1.54, 1.807) is 0 Å². The minimum atomic E-state index is -4.07. The van der Waals surface area contributed by atoms with Crippen LogP contribution in [0.4, 0.5) is 14.5 Å². The Balaban J connectivity index is 2.19. The molecule has 0 aromatic heterocycles. The zero-order valence-corrected chi connectivity index (χ0v) is 11.1. The first kappa shape index (κ1) is 14.2. The number of nitrogen functional groups attached to an aromatic ring is 1. The third-order valence-corrected chi connectivity index (χ3v) is 4.77. The lowest BCUT2D eigenvalue weighted by atomic mass is 10.1. The van der Waals surface area contributed by atoms with Crippen molar-refractivity contribution in [2.24, 2.45) is 5.92 Å². The smallest absolute Gasteiger partial charge is 0.243 e. The van der Waals surface area contributed by atoms with Gasteiger partial charge in [-0.05, 0) is 30.9 Å². The first-order chi connectivity index (χ1) is 8.90. The predicted octanol–water partition coefficient (Wildman–Crippen LogP) is 2.02. The molecule has 2 rings (SSSR count). The maximum Gasteiger partial charge on any atom is 0.243 e. The van der Waals surface area contributed by atoms with Crippen LogP contribution in [0.15, 0.2) is 17.0 Å². The Bertz CT molecular complexity index is 569. The first-order valence-corrected chi connectivity index (χ1v) is 7.62. The SMILES string of the molecule is Nc1cc(F)c(F)c(S(=O)(=O)NCC2CCCC2)c1. The molecular weight excluding hydrogens is 274 g/mol. The summed E-state index contributed by atoms with van der Waals surface area (Å²) in [5.41, 5.74) is 5.22. The maximum atomic E-state index is 13.5. The topological polar surface area (TPSA) is 72.2 Å². The molecule has 1 aliphatic rings. The average molecular weight is 290 g/mol. The lowest BCUT2D eigenvalue weighted by Crippen LogP contribution is -2.29. The van der Waals surface area contributed by atoms with Crippen LogP contribution in [0.5, 0.6) is 0 Å². The van der Waals surface area contributed by atoms with Gasteiger partial charge in [0.2, 0.25) is 10.0 Å². The fraction of sp³-hybridized carbons (Fsp3) is 0.500. The molecule has 0 bridgehead atoms. The van der Waals surface area contributed by atoms with Crippen LogP contribution in [0.25, 0.3) is 0 Å². The molecule has 106 valence electrons. The molecular formula is C12H16F2N2O2S. The summed E-state index contributed by atoms with van der Waals surface area (Å²) in [5, 5.41) is 0. The largest absolute Gasteiger partial charge is 0.399 e. The van der Waals surface area contributed by atoms with E-state index in [-0.39, 0.29) is 18.2 Å². The predicted molar refractivity (Wildman–Crippen MR) is 67.9 cm³/mol. The van der Waals surface area contributed by atoms with Crippen LogP contribution in [-0.4, -0.2) is 15.0 Å². The number of halogens is 2. The fourth-order valence-corrected chi connectivity index (χ4v) is 3.53. The highest BCUT2D eigenvalue weighted by molar-refractivity contribution is 7.89. The van der Waals surface area contributed by atoms with Gasteiger partial charge in [0.1, 0.15) is 4.90 Å². The number of nitrogens with two attached hydrogens (primary N) is 1. The van der Waals surface area contributed by atoms with Crippen LogP contribution in [-0.2, 0) is 10.0 Å². The molecule has 4 nitrogen and oxygen atoms in total. The molecule has 0 radical (unpaired) electrons. The van der Waals surface area contributed by atoms with Gasteiger partial charge in [-0.15, -0.1) is 0 Å². The van der Waals surface area contributed by atoms with Crippen LogP contribution in [0.1, 0.15) is 25.7 Å². The molecule has 1 aromatic carbocycles. The van der Waals surface area contributed by atoms with E-state index >= 15 is 0 Å². The molecule has 1 aromatic rings. The quantitative estimate of drug-likeness (QED) is 0.833. The Morgan fingerprint density at radius 1 is 1.26 bits per heavy atom. The lowest BCUT2D eigenvalue weighted by molar-refractivity contribution is 0.479. The van der Waals surface area contributed by atoms with E-state index < -0.39 is 26.6 Å². The van der Waals surface area contributed by atoms with Crippen LogP contribution >= 0.6 is 0 Å². The van der Waals surface area contributed by atoms with Crippen molar-refractivity contribution in [3.63, 3.8) is 0 Å². The van der Waals surface area contributed by atoms with E-state index in [0.717, 1.165) is 37.8 Å². The standard InChI is InChI=1S/C12H16F2N2O2S/c13-10-5-9(15)6-11(12(10)14)19(17,18)16-7-8-3-1-2-4-8/h5-6,8,16H,1-4,7,15H2. The minimum absolute atomic E-state index is 0.125. The average Bonchev–Trinajstić information content (AvgIpc) is 2.84. The molecule has 7 heteroatoms. The van der Waals surface area contributed by atoms with E-state index in [2.05, 4.69) is 4.72 Å². The van der Waals surface area contributed by atoms with Gasteiger partial charge in [0.15, 0.2) is 11.6 Å². The van der Waals surface area contributed by atoms with Crippen molar-refractivity contribution in [3.8, 4) is 0 Å². The molecule has 0 heterocycles. The summed E-state index contributed by atoms with van der Waals surface area (Å²) in [6.45, 7) is 0.248. The number of rotatable bonds is 4. The Labute approximate surface area is 111 Å². The number of hydrogen-bond donors (Lipinski definition) is 2. The Kier molecular flexibility index (Phi) is 4.05. The fourth-order valence-electron chi connectivity index (χ4n) is 2.30. The van der Waals surface area contributed by atoms with Crippen molar-refractivity contribution in [3.05, 3.63) is 23.8 Å². The molecule has 0 unspecified atom stereocenters. The summed E-state index contributed by atoms with van der Waals surface area (Å²) in [4.78, 5) is -0.733. The second kappa shape index (κ2) is 5.42. The summed E-state index contributed by atoms with van der Waals surface area (Å²) in [6.07, 6.45) is 4.06. The van der Waals surface area contributed by atoms with Gasteiger partial charge in [0.05, 0.1) is 0 Å². The molecule has 1 aliphatic carbocycles. The molecule has 1 saturated carbocycles. The maximum absolute atomic E-state index is 13.5. The van der Waals surface area contributed by atoms with Gasteiger partial charge >= 0.3 is 0 Å². The van der Waals surface area contributed by atoms with E-state index in [0.29, 0.717) is 0 Å². The highest BCUT2D eigenvalue weighted by Crippen LogP contribution is 2.25. The molecule has 19 heavy (non-hydrogen) atoms. The summed E-state index contributed by atoms with van der Waals surface area (Å²) in [5.74, 6) is -2.39. The van der Waals surface area contributed by atoms with Crippen LogP contribution in [0.3, 0.4) is 0 Å². The molecule has 0 amide bonds. The van der Waals surface area contributed by atoms with Crippen molar-refractivity contribution in [1.29, 1.82) is 0 Å². The van der Waals surface area contributed by atoms with Gasteiger partial charge in [-0.1, -0.05) is 12.8 Å². The third-order valence-electron chi connectivity index (χ3n) is 3.34. The molecule has 3 N–H and O–H groups in total. The summed E-state index contributed by atoms with van der Waals surface area (Å²) < 4.78 is 52.9. The summed E-state index contributed by atoms with van der Waals surface area (Å²) in [6, 6.07) is 1.68. The second-order valence-electron chi connectivity index (χ2n) is 4.82. The van der Waals surface area contributed by atoms with Crippen LogP contribution in [0, 0.1) is 17.6 Å².